The summed E-state index contributed by atoms with van der Waals surface area (Å²) in [5.74, 6) is 0. The van der Waals surface area contributed by atoms with E-state index in [2.05, 4.69) is 4.98 Å². The summed E-state index contributed by atoms with van der Waals surface area (Å²) < 4.78 is 4.75. The number of nitrogens with zero attached hydrogens (tertiary/aromatic N) is 2. The number of pyridine rings is 1. The molecular weight excluding hydrogens is 192 g/mol. The first-order valence-electron chi connectivity index (χ1n) is 5.07. The van der Waals surface area contributed by atoms with Gasteiger partial charge in [-0.15, -0.1) is 0 Å². The van der Waals surface area contributed by atoms with Gasteiger partial charge in [0.15, 0.2) is 0 Å². The molecule has 1 atom stereocenters. The van der Waals surface area contributed by atoms with Crippen LogP contribution >= 0.6 is 0 Å². The van der Waals surface area contributed by atoms with E-state index in [0.29, 0.717) is 0 Å². The molecule has 0 saturated carbocycles. The van der Waals surface area contributed by atoms with Crippen molar-refractivity contribution in [1.82, 2.24) is 9.88 Å². The lowest BCUT2D eigenvalue weighted by Gasteiger charge is -2.23. The highest BCUT2D eigenvalue weighted by atomic mass is 16.5. The molecule has 0 N–H and O–H groups in total. The lowest BCUT2D eigenvalue weighted by atomic mass is 10.1. The third-order valence-corrected chi connectivity index (χ3v) is 2.73. The molecule has 1 fully saturated rings. The molecule has 1 saturated heterocycles. The maximum atomic E-state index is 11.5. The fraction of sp³-hybridized carbons (Fsp3) is 0.455. The largest absolute Gasteiger partial charge is 0.453 e. The topological polar surface area (TPSA) is 42.4 Å². The Morgan fingerprint density at radius 2 is 2.53 bits per heavy atom. The Balaban J connectivity index is 2.18. The van der Waals surface area contributed by atoms with Gasteiger partial charge < -0.3 is 9.64 Å². The zero-order valence-electron chi connectivity index (χ0n) is 8.72. The van der Waals surface area contributed by atoms with E-state index in [-0.39, 0.29) is 12.1 Å². The van der Waals surface area contributed by atoms with Crippen LogP contribution in [0.15, 0.2) is 24.5 Å². The van der Waals surface area contributed by atoms with Crippen molar-refractivity contribution in [2.24, 2.45) is 0 Å². The van der Waals surface area contributed by atoms with Gasteiger partial charge in [-0.05, 0) is 24.5 Å². The molecular formula is C11H14N2O2. The van der Waals surface area contributed by atoms with Gasteiger partial charge >= 0.3 is 6.09 Å². The Hall–Kier alpha value is -1.58. The van der Waals surface area contributed by atoms with E-state index in [1.54, 1.807) is 11.1 Å². The van der Waals surface area contributed by atoms with Crippen molar-refractivity contribution >= 4 is 6.09 Å². The molecule has 0 bridgehead atoms. The SMILES string of the molecule is COC(=O)N1CCC[C@H]1c1cccnc1. The number of ether oxygens (including phenoxy) is 1. The summed E-state index contributed by atoms with van der Waals surface area (Å²) in [5, 5.41) is 0. The van der Waals surface area contributed by atoms with E-state index in [1.165, 1.54) is 7.11 Å². The molecule has 15 heavy (non-hydrogen) atoms. The summed E-state index contributed by atoms with van der Waals surface area (Å²) in [6.45, 7) is 0.770. The fourth-order valence-electron chi connectivity index (χ4n) is 2.02. The summed E-state index contributed by atoms with van der Waals surface area (Å²) in [6, 6.07) is 4.02. The second-order valence-corrected chi connectivity index (χ2v) is 3.61. The maximum Gasteiger partial charge on any atom is 0.409 e. The Labute approximate surface area is 88.9 Å². The monoisotopic (exact) mass is 206 g/mol. The molecule has 0 aromatic carbocycles. The van der Waals surface area contributed by atoms with Gasteiger partial charge in [0.05, 0.1) is 13.2 Å². The van der Waals surface area contributed by atoms with Crippen molar-refractivity contribution in [1.29, 1.82) is 0 Å². The van der Waals surface area contributed by atoms with Crippen molar-refractivity contribution in [2.75, 3.05) is 13.7 Å². The highest BCUT2D eigenvalue weighted by Gasteiger charge is 2.30. The fourth-order valence-corrected chi connectivity index (χ4v) is 2.02. The molecule has 4 nitrogen and oxygen atoms in total. The summed E-state index contributed by atoms with van der Waals surface area (Å²) >= 11 is 0. The van der Waals surface area contributed by atoms with Gasteiger partial charge in [0, 0.05) is 18.9 Å². The number of aromatic nitrogens is 1. The van der Waals surface area contributed by atoms with Crippen LogP contribution in [-0.4, -0.2) is 29.6 Å². The minimum absolute atomic E-state index is 0.131. The molecule has 80 valence electrons. The first-order valence-corrected chi connectivity index (χ1v) is 5.07. The van der Waals surface area contributed by atoms with E-state index < -0.39 is 0 Å². The van der Waals surface area contributed by atoms with E-state index in [0.717, 1.165) is 24.9 Å². The molecule has 1 aliphatic heterocycles. The highest BCUT2D eigenvalue weighted by molar-refractivity contribution is 5.68. The molecule has 0 unspecified atom stereocenters. The van der Waals surface area contributed by atoms with Gasteiger partial charge in [-0.1, -0.05) is 6.07 Å². The molecule has 1 aromatic rings. The zero-order chi connectivity index (χ0) is 10.7. The van der Waals surface area contributed by atoms with Crippen LogP contribution in [0.1, 0.15) is 24.4 Å². The summed E-state index contributed by atoms with van der Waals surface area (Å²) in [6.07, 6.45) is 5.31. The molecule has 0 aliphatic carbocycles. The van der Waals surface area contributed by atoms with E-state index >= 15 is 0 Å². The number of methoxy groups -OCH3 is 1. The van der Waals surface area contributed by atoms with Crippen LogP contribution in [-0.2, 0) is 4.74 Å². The molecule has 2 rings (SSSR count). The highest BCUT2D eigenvalue weighted by Crippen LogP contribution is 2.31. The van der Waals surface area contributed by atoms with Gasteiger partial charge in [-0.2, -0.15) is 0 Å². The lowest BCUT2D eigenvalue weighted by Crippen LogP contribution is -2.30. The third-order valence-electron chi connectivity index (χ3n) is 2.73. The second-order valence-electron chi connectivity index (χ2n) is 3.61. The van der Waals surface area contributed by atoms with Crippen LogP contribution in [0.25, 0.3) is 0 Å². The van der Waals surface area contributed by atoms with Crippen LogP contribution < -0.4 is 0 Å². The maximum absolute atomic E-state index is 11.5. The Kier molecular flexibility index (Phi) is 2.85. The second kappa shape index (κ2) is 4.29. The van der Waals surface area contributed by atoms with Gasteiger partial charge in [-0.3, -0.25) is 4.98 Å². The average molecular weight is 206 g/mol. The van der Waals surface area contributed by atoms with E-state index in [9.17, 15) is 4.79 Å². The van der Waals surface area contributed by atoms with Crippen LogP contribution in [0.2, 0.25) is 0 Å². The van der Waals surface area contributed by atoms with Crippen molar-refractivity contribution in [3.8, 4) is 0 Å². The number of rotatable bonds is 1. The van der Waals surface area contributed by atoms with E-state index in [4.69, 9.17) is 4.74 Å². The van der Waals surface area contributed by atoms with E-state index in [1.807, 2.05) is 18.3 Å². The molecule has 1 amide bonds. The van der Waals surface area contributed by atoms with Gasteiger partial charge in [-0.25, -0.2) is 4.79 Å². The van der Waals surface area contributed by atoms with Gasteiger partial charge in [0.25, 0.3) is 0 Å². The number of carbonyl (C=O) groups excluding carboxylic acids is 1. The number of amides is 1. The number of carbonyl (C=O) groups is 1. The minimum Gasteiger partial charge on any atom is -0.453 e. The first-order chi connectivity index (χ1) is 7.33. The summed E-state index contributed by atoms with van der Waals surface area (Å²) in [7, 11) is 1.42. The first kappa shape index (κ1) is 9.96. The standard InChI is InChI=1S/C11H14N2O2/c1-15-11(14)13-7-3-5-10(13)9-4-2-6-12-8-9/h2,4,6,8,10H,3,5,7H2,1H3/t10-/m0/s1. The van der Waals surface area contributed by atoms with Crippen molar-refractivity contribution in [3.05, 3.63) is 30.1 Å². The van der Waals surface area contributed by atoms with Crippen LogP contribution in [0.3, 0.4) is 0 Å². The molecule has 0 radical (unpaired) electrons. The predicted octanol–water partition coefficient (Wildman–Crippen LogP) is 1.98. The number of likely N-dealkylation sites (tertiary alicyclic amines) is 1. The summed E-state index contributed by atoms with van der Waals surface area (Å²) in [5.41, 5.74) is 1.08. The molecule has 1 aliphatic rings. The van der Waals surface area contributed by atoms with Crippen molar-refractivity contribution in [3.63, 3.8) is 0 Å². The lowest BCUT2D eigenvalue weighted by molar-refractivity contribution is 0.119. The minimum atomic E-state index is -0.249. The van der Waals surface area contributed by atoms with Crippen molar-refractivity contribution < 1.29 is 9.53 Å². The predicted molar refractivity (Wildman–Crippen MR) is 55.3 cm³/mol. The number of hydrogen-bond donors (Lipinski definition) is 0. The molecule has 1 aromatic heterocycles. The normalized spacial score (nSPS) is 20.3. The number of hydrogen-bond acceptors (Lipinski definition) is 3. The smallest absolute Gasteiger partial charge is 0.409 e. The quantitative estimate of drug-likeness (QED) is 0.705. The Morgan fingerprint density at radius 3 is 3.20 bits per heavy atom. The van der Waals surface area contributed by atoms with Gasteiger partial charge in [0.1, 0.15) is 0 Å². The van der Waals surface area contributed by atoms with Crippen molar-refractivity contribution in [2.45, 2.75) is 18.9 Å². The molecule has 0 spiro atoms. The molecule has 2 heterocycles. The zero-order valence-corrected chi connectivity index (χ0v) is 8.72. The average Bonchev–Trinajstić information content (AvgIpc) is 2.78. The molecule has 4 heteroatoms. The van der Waals surface area contributed by atoms with Crippen LogP contribution in [0.4, 0.5) is 4.79 Å². The van der Waals surface area contributed by atoms with Gasteiger partial charge in [0.2, 0.25) is 0 Å². The van der Waals surface area contributed by atoms with Crippen LogP contribution in [0, 0.1) is 0 Å². The summed E-state index contributed by atoms with van der Waals surface area (Å²) in [4.78, 5) is 17.3. The van der Waals surface area contributed by atoms with Crippen LogP contribution in [0.5, 0.6) is 0 Å². The third kappa shape index (κ3) is 1.93. The Bertz CT molecular complexity index is 340. The Morgan fingerprint density at radius 1 is 1.67 bits per heavy atom.